The van der Waals surface area contributed by atoms with E-state index in [1.807, 2.05) is 0 Å². The van der Waals surface area contributed by atoms with Gasteiger partial charge in [-0.3, -0.25) is 9.80 Å². The second-order valence-electron chi connectivity index (χ2n) is 6.18. The highest BCUT2D eigenvalue weighted by atomic mass is 16.5. The highest BCUT2D eigenvalue weighted by molar-refractivity contribution is 5.61. The molecule has 1 fully saturated rings. The van der Waals surface area contributed by atoms with E-state index in [0.29, 0.717) is 0 Å². The molecule has 0 radical (unpaired) electrons. The molecule has 1 aromatic rings. The number of hydrogen-bond donors (Lipinski definition) is 0. The zero-order chi connectivity index (χ0) is 15.4. The molecule has 2 aliphatic rings. The summed E-state index contributed by atoms with van der Waals surface area (Å²) < 4.78 is 10.9. The average Bonchev–Trinajstić information content (AvgIpc) is 2.55. The van der Waals surface area contributed by atoms with Crippen LogP contribution in [0.15, 0.2) is 18.2 Å². The molecule has 0 amide bonds. The predicted octanol–water partition coefficient (Wildman–Crippen LogP) is 1.42. The fourth-order valence-corrected chi connectivity index (χ4v) is 3.15. The third-order valence-electron chi connectivity index (χ3n) is 4.52. The Morgan fingerprint density at radius 1 is 1.09 bits per heavy atom. The number of ether oxygens (including phenoxy) is 2. The molecule has 0 saturated carbocycles. The molecule has 5 nitrogen and oxygen atoms in total. The quantitative estimate of drug-likeness (QED) is 0.820. The van der Waals surface area contributed by atoms with Crippen LogP contribution < -0.4 is 9.64 Å². The Bertz CT molecular complexity index is 487. The minimum Gasteiger partial charge on any atom is -0.490 e. The molecule has 3 rings (SSSR count). The van der Waals surface area contributed by atoms with E-state index >= 15 is 0 Å². The highest BCUT2D eigenvalue weighted by Crippen LogP contribution is 2.32. The van der Waals surface area contributed by atoms with Gasteiger partial charge in [-0.25, -0.2) is 0 Å². The summed E-state index contributed by atoms with van der Waals surface area (Å²) in [7, 11) is 1.77. The van der Waals surface area contributed by atoms with Gasteiger partial charge in [-0.05, 0) is 24.6 Å². The van der Waals surface area contributed by atoms with Gasteiger partial charge in [0.2, 0.25) is 0 Å². The Hall–Kier alpha value is -1.30. The minimum atomic E-state index is 0.782. The van der Waals surface area contributed by atoms with Crippen LogP contribution >= 0.6 is 0 Å². The van der Waals surface area contributed by atoms with E-state index in [1.165, 1.54) is 11.3 Å². The van der Waals surface area contributed by atoms with Crippen molar-refractivity contribution < 1.29 is 9.47 Å². The van der Waals surface area contributed by atoms with Crippen LogP contribution in [0.4, 0.5) is 5.69 Å². The standard InChI is InChI=1S/C17H27N3O2/c1-15-3-4-17-16(13-15)20(10-12-22-17)14-19-7-5-18(6-8-19)9-11-21-2/h3-4,13H,5-12,14H2,1-2H3. The highest BCUT2D eigenvalue weighted by Gasteiger charge is 2.22. The lowest BCUT2D eigenvalue weighted by molar-refractivity contribution is 0.0959. The van der Waals surface area contributed by atoms with Crippen LogP contribution in [0.1, 0.15) is 5.56 Å². The summed E-state index contributed by atoms with van der Waals surface area (Å²) in [6.45, 7) is 11.3. The maximum atomic E-state index is 5.78. The van der Waals surface area contributed by atoms with Crippen LogP contribution in [0.5, 0.6) is 5.75 Å². The zero-order valence-electron chi connectivity index (χ0n) is 13.8. The third kappa shape index (κ3) is 3.72. The predicted molar refractivity (Wildman–Crippen MR) is 88.8 cm³/mol. The lowest BCUT2D eigenvalue weighted by atomic mass is 10.1. The molecular formula is C17H27N3O2. The van der Waals surface area contributed by atoms with E-state index in [2.05, 4.69) is 39.8 Å². The van der Waals surface area contributed by atoms with Crippen LogP contribution in [0.3, 0.4) is 0 Å². The van der Waals surface area contributed by atoms with Gasteiger partial charge in [0, 0.05) is 39.8 Å². The first-order chi connectivity index (χ1) is 10.8. The summed E-state index contributed by atoms with van der Waals surface area (Å²) in [6, 6.07) is 6.46. The van der Waals surface area contributed by atoms with Crippen LogP contribution in [-0.4, -0.2) is 76.1 Å². The molecule has 0 bridgehead atoms. The summed E-state index contributed by atoms with van der Waals surface area (Å²) in [5, 5.41) is 0. The van der Waals surface area contributed by atoms with Crippen molar-refractivity contribution in [1.82, 2.24) is 9.80 Å². The summed E-state index contributed by atoms with van der Waals surface area (Å²) in [4.78, 5) is 7.48. The minimum absolute atomic E-state index is 0.782. The van der Waals surface area contributed by atoms with Crippen LogP contribution in [0.25, 0.3) is 0 Å². The number of anilines is 1. The second kappa shape index (κ2) is 7.31. The number of fused-ring (bicyclic) bond motifs is 1. The number of methoxy groups -OCH3 is 1. The Kier molecular flexibility index (Phi) is 5.18. The Balaban J connectivity index is 1.56. The lowest BCUT2D eigenvalue weighted by Gasteiger charge is -2.39. The topological polar surface area (TPSA) is 28.2 Å². The van der Waals surface area contributed by atoms with Gasteiger partial charge >= 0.3 is 0 Å². The van der Waals surface area contributed by atoms with Crippen molar-refractivity contribution in [2.24, 2.45) is 0 Å². The molecule has 0 unspecified atom stereocenters. The molecule has 0 N–H and O–H groups in total. The van der Waals surface area contributed by atoms with E-state index in [9.17, 15) is 0 Å². The Morgan fingerprint density at radius 3 is 2.64 bits per heavy atom. The van der Waals surface area contributed by atoms with Crippen molar-refractivity contribution in [3.05, 3.63) is 23.8 Å². The first-order valence-electron chi connectivity index (χ1n) is 8.18. The average molecular weight is 305 g/mol. The summed E-state index contributed by atoms with van der Waals surface area (Å²) in [5.74, 6) is 1.02. The normalized spacial score (nSPS) is 19.8. The number of benzene rings is 1. The van der Waals surface area contributed by atoms with E-state index in [4.69, 9.17) is 9.47 Å². The molecule has 0 spiro atoms. The number of rotatable bonds is 5. The van der Waals surface area contributed by atoms with Gasteiger partial charge in [-0.15, -0.1) is 0 Å². The molecule has 2 aliphatic heterocycles. The van der Waals surface area contributed by atoms with Crippen LogP contribution in [0, 0.1) is 6.92 Å². The molecule has 2 heterocycles. The van der Waals surface area contributed by atoms with Gasteiger partial charge in [-0.2, -0.15) is 0 Å². The van der Waals surface area contributed by atoms with Crippen molar-refractivity contribution in [1.29, 1.82) is 0 Å². The number of aryl methyl sites for hydroxylation is 1. The van der Waals surface area contributed by atoms with Gasteiger partial charge < -0.3 is 14.4 Å². The number of nitrogens with zero attached hydrogens (tertiary/aromatic N) is 3. The van der Waals surface area contributed by atoms with E-state index < -0.39 is 0 Å². The van der Waals surface area contributed by atoms with Crippen molar-refractivity contribution >= 4 is 5.69 Å². The molecule has 1 saturated heterocycles. The maximum Gasteiger partial charge on any atom is 0.142 e. The fourth-order valence-electron chi connectivity index (χ4n) is 3.15. The SMILES string of the molecule is COCCN1CCN(CN2CCOc3ccc(C)cc32)CC1. The van der Waals surface area contributed by atoms with Gasteiger partial charge in [0.15, 0.2) is 0 Å². The molecule has 0 aliphatic carbocycles. The summed E-state index contributed by atoms with van der Waals surface area (Å²) >= 11 is 0. The molecule has 5 heteroatoms. The van der Waals surface area contributed by atoms with Crippen molar-refractivity contribution in [2.45, 2.75) is 6.92 Å². The van der Waals surface area contributed by atoms with Crippen LogP contribution in [-0.2, 0) is 4.74 Å². The Labute approximate surface area is 133 Å². The van der Waals surface area contributed by atoms with E-state index in [0.717, 1.165) is 64.9 Å². The van der Waals surface area contributed by atoms with Gasteiger partial charge in [0.05, 0.1) is 25.5 Å². The smallest absolute Gasteiger partial charge is 0.142 e. The monoisotopic (exact) mass is 305 g/mol. The molecule has 1 aromatic carbocycles. The number of hydrogen-bond acceptors (Lipinski definition) is 5. The first-order valence-corrected chi connectivity index (χ1v) is 8.18. The van der Waals surface area contributed by atoms with Gasteiger partial charge in [-0.1, -0.05) is 6.07 Å². The van der Waals surface area contributed by atoms with Crippen molar-refractivity contribution in [3.63, 3.8) is 0 Å². The number of piperazine rings is 1. The molecule has 122 valence electrons. The van der Waals surface area contributed by atoms with Crippen LogP contribution in [0.2, 0.25) is 0 Å². The lowest BCUT2D eigenvalue weighted by Crippen LogP contribution is -2.51. The first kappa shape index (κ1) is 15.6. The third-order valence-corrected chi connectivity index (χ3v) is 4.52. The van der Waals surface area contributed by atoms with E-state index in [1.54, 1.807) is 7.11 Å². The summed E-state index contributed by atoms with van der Waals surface area (Å²) in [5.41, 5.74) is 2.53. The molecular weight excluding hydrogens is 278 g/mol. The second-order valence-corrected chi connectivity index (χ2v) is 6.18. The Morgan fingerprint density at radius 2 is 1.86 bits per heavy atom. The van der Waals surface area contributed by atoms with Crippen molar-refractivity contribution in [2.75, 3.05) is 71.2 Å². The van der Waals surface area contributed by atoms with Gasteiger partial charge in [0.25, 0.3) is 0 Å². The van der Waals surface area contributed by atoms with E-state index in [-0.39, 0.29) is 0 Å². The molecule has 0 atom stereocenters. The summed E-state index contributed by atoms with van der Waals surface area (Å²) in [6.07, 6.45) is 0. The van der Waals surface area contributed by atoms with Gasteiger partial charge in [0.1, 0.15) is 12.4 Å². The van der Waals surface area contributed by atoms with Crippen molar-refractivity contribution in [3.8, 4) is 5.75 Å². The largest absolute Gasteiger partial charge is 0.490 e. The molecule has 0 aromatic heterocycles. The fraction of sp³-hybridized carbons (Fsp3) is 0.647. The zero-order valence-corrected chi connectivity index (χ0v) is 13.8. The maximum absolute atomic E-state index is 5.78. The molecule has 22 heavy (non-hydrogen) atoms.